The number of benzene rings is 1. The summed E-state index contributed by atoms with van der Waals surface area (Å²) in [5, 5.41) is 0. The minimum atomic E-state index is -3.74. The molecule has 112 valence electrons. The van der Waals surface area contributed by atoms with Gasteiger partial charge in [-0.2, -0.15) is 0 Å². The van der Waals surface area contributed by atoms with Crippen LogP contribution in [0.3, 0.4) is 0 Å². The van der Waals surface area contributed by atoms with Crippen LogP contribution in [0, 0.1) is 11.7 Å². The fourth-order valence-corrected chi connectivity index (χ4v) is 3.67. The second kappa shape index (κ2) is 5.57. The van der Waals surface area contributed by atoms with Crippen molar-refractivity contribution >= 4 is 15.7 Å². The van der Waals surface area contributed by atoms with Gasteiger partial charge in [-0.25, -0.2) is 17.5 Å². The Labute approximate surface area is 118 Å². The molecule has 5 nitrogen and oxygen atoms in total. The molecule has 1 aliphatic carbocycles. The third-order valence-corrected chi connectivity index (χ3v) is 4.92. The van der Waals surface area contributed by atoms with Gasteiger partial charge in [0.1, 0.15) is 0 Å². The average molecular weight is 302 g/mol. The number of nitrogens with two attached hydrogens (primary N) is 1. The summed E-state index contributed by atoms with van der Waals surface area (Å²) in [5.74, 6) is -0.539. The molecule has 0 spiro atoms. The molecule has 3 N–H and O–H groups in total. The van der Waals surface area contributed by atoms with Crippen molar-refractivity contribution in [3.63, 3.8) is 0 Å². The summed E-state index contributed by atoms with van der Waals surface area (Å²) < 4.78 is 45.4. The fourth-order valence-electron chi connectivity index (χ4n) is 2.31. The van der Waals surface area contributed by atoms with E-state index in [0.717, 1.165) is 25.3 Å². The zero-order chi connectivity index (χ0) is 14.9. The van der Waals surface area contributed by atoms with E-state index in [1.807, 2.05) is 0 Å². The van der Waals surface area contributed by atoms with Crippen LogP contribution in [0.25, 0.3) is 0 Å². The van der Waals surface area contributed by atoms with Crippen molar-refractivity contribution < 1.29 is 17.5 Å². The van der Waals surface area contributed by atoms with Gasteiger partial charge in [-0.3, -0.25) is 0 Å². The van der Waals surface area contributed by atoms with Crippen LogP contribution in [0.1, 0.15) is 26.2 Å². The van der Waals surface area contributed by atoms with Crippen molar-refractivity contribution in [1.29, 1.82) is 0 Å². The summed E-state index contributed by atoms with van der Waals surface area (Å²) in [6.45, 7) is 2.06. The van der Waals surface area contributed by atoms with Crippen LogP contribution >= 0.6 is 0 Å². The topological polar surface area (TPSA) is 81.4 Å². The van der Waals surface area contributed by atoms with E-state index in [-0.39, 0.29) is 22.4 Å². The maximum absolute atomic E-state index is 13.7. The number of methoxy groups -OCH3 is 1. The Morgan fingerprint density at radius 1 is 1.50 bits per heavy atom. The largest absolute Gasteiger partial charge is 0.492 e. The van der Waals surface area contributed by atoms with Crippen LogP contribution < -0.4 is 15.2 Å². The van der Waals surface area contributed by atoms with E-state index >= 15 is 0 Å². The summed E-state index contributed by atoms with van der Waals surface area (Å²) in [5.41, 5.74) is 5.56. The number of anilines is 1. The third-order valence-electron chi connectivity index (χ3n) is 3.45. The van der Waals surface area contributed by atoms with E-state index in [4.69, 9.17) is 10.5 Å². The summed E-state index contributed by atoms with van der Waals surface area (Å²) in [7, 11) is -2.47. The van der Waals surface area contributed by atoms with Crippen LogP contribution in [-0.4, -0.2) is 21.6 Å². The Kier molecular flexibility index (Phi) is 4.19. The average Bonchev–Trinajstić information content (AvgIpc) is 3.06. The van der Waals surface area contributed by atoms with Gasteiger partial charge in [-0.15, -0.1) is 0 Å². The molecule has 1 saturated carbocycles. The quantitative estimate of drug-likeness (QED) is 0.786. The second-order valence-corrected chi connectivity index (χ2v) is 6.75. The summed E-state index contributed by atoms with van der Waals surface area (Å²) in [6.07, 6.45) is 2.85. The lowest BCUT2D eigenvalue weighted by atomic mass is 10.2. The van der Waals surface area contributed by atoms with Crippen molar-refractivity contribution in [2.75, 3.05) is 12.8 Å². The number of rotatable bonds is 6. The molecular formula is C13H19FN2O3S. The number of ether oxygens (including phenoxy) is 1. The molecule has 20 heavy (non-hydrogen) atoms. The number of halogens is 1. The first kappa shape index (κ1) is 15.1. The zero-order valence-corrected chi connectivity index (χ0v) is 12.3. The molecule has 1 fully saturated rings. The lowest BCUT2D eigenvalue weighted by Gasteiger charge is -2.10. The van der Waals surface area contributed by atoms with Gasteiger partial charge in [0.15, 0.2) is 11.6 Å². The van der Waals surface area contributed by atoms with Crippen LogP contribution in [0.2, 0.25) is 0 Å². The van der Waals surface area contributed by atoms with Crippen molar-refractivity contribution in [1.82, 2.24) is 4.72 Å². The Morgan fingerprint density at radius 3 is 2.75 bits per heavy atom. The molecule has 0 bridgehead atoms. The molecule has 0 amide bonds. The van der Waals surface area contributed by atoms with E-state index in [9.17, 15) is 12.8 Å². The minimum Gasteiger partial charge on any atom is -0.492 e. The van der Waals surface area contributed by atoms with Crippen molar-refractivity contribution in [3.05, 3.63) is 17.9 Å². The predicted octanol–water partition coefficient (Wildman–Crippen LogP) is 1.88. The molecule has 0 aromatic heterocycles. The first-order valence-electron chi connectivity index (χ1n) is 6.54. The van der Waals surface area contributed by atoms with E-state index in [1.165, 1.54) is 13.2 Å². The van der Waals surface area contributed by atoms with Gasteiger partial charge < -0.3 is 10.5 Å². The van der Waals surface area contributed by atoms with Gasteiger partial charge in [-0.05, 0) is 30.9 Å². The fraction of sp³-hybridized carbons (Fsp3) is 0.538. The first-order valence-corrected chi connectivity index (χ1v) is 8.02. The Balaban J connectivity index is 2.18. The number of nitrogens with one attached hydrogen (secondary N) is 1. The highest BCUT2D eigenvalue weighted by Crippen LogP contribution is 2.36. The van der Waals surface area contributed by atoms with Crippen molar-refractivity contribution in [2.24, 2.45) is 5.92 Å². The van der Waals surface area contributed by atoms with Crippen LogP contribution in [-0.2, 0) is 10.0 Å². The zero-order valence-electron chi connectivity index (χ0n) is 11.5. The van der Waals surface area contributed by atoms with Crippen LogP contribution in [0.15, 0.2) is 17.0 Å². The molecule has 0 saturated heterocycles. The maximum Gasteiger partial charge on any atom is 0.241 e. The smallest absolute Gasteiger partial charge is 0.241 e. The summed E-state index contributed by atoms with van der Waals surface area (Å²) in [6, 6.07) is 2.09. The first-order chi connectivity index (χ1) is 9.39. The molecule has 0 heterocycles. The SMILES string of the molecule is CCCC1CC1NS(=O)(=O)c1cc(N)c(OC)c(F)c1. The second-order valence-electron chi connectivity index (χ2n) is 5.04. The van der Waals surface area contributed by atoms with Crippen LogP contribution in [0.4, 0.5) is 10.1 Å². The van der Waals surface area contributed by atoms with Crippen molar-refractivity contribution in [2.45, 2.75) is 37.1 Å². The monoisotopic (exact) mass is 302 g/mol. The molecule has 0 aliphatic heterocycles. The molecule has 2 atom stereocenters. The maximum atomic E-state index is 13.7. The number of nitrogen functional groups attached to an aromatic ring is 1. The van der Waals surface area contributed by atoms with Gasteiger partial charge in [0.05, 0.1) is 17.7 Å². The number of hydrogen-bond acceptors (Lipinski definition) is 4. The lowest BCUT2D eigenvalue weighted by molar-refractivity contribution is 0.388. The lowest BCUT2D eigenvalue weighted by Crippen LogP contribution is -2.27. The Bertz CT molecular complexity index is 581. The molecule has 2 unspecified atom stereocenters. The van der Waals surface area contributed by atoms with Gasteiger partial charge in [0.2, 0.25) is 10.0 Å². The molecule has 7 heteroatoms. The molecule has 1 aromatic carbocycles. The standard InChI is InChI=1S/C13H19FN2O3S/c1-3-4-8-5-12(8)16-20(17,18)9-6-10(14)13(19-2)11(15)7-9/h6-8,12,16H,3-5,15H2,1-2H3. The van der Waals surface area contributed by atoms with Gasteiger partial charge in [-0.1, -0.05) is 13.3 Å². The highest BCUT2D eigenvalue weighted by molar-refractivity contribution is 7.89. The highest BCUT2D eigenvalue weighted by Gasteiger charge is 2.39. The van der Waals surface area contributed by atoms with E-state index in [2.05, 4.69) is 11.6 Å². The Morgan fingerprint density at radius 2 is 2.20 bits per heavy atom. The Hall–Kier alpha value is -1.34. The van der Waals surface area contributed by atoms with Gasteiger partial charge >= 0.3 is 0 Å². The number of sulfonamides is 1. The van der Waals surface area contributed by atoms with Crippen LogP contribution in [0.5, 0.6) is 5.75 Å². The molecule has 2 rings (SSSR count). The van der Waals surface area contributed by atoms with Gasteiger partial charge in [0.25, 0.3) is 0 Å². The number of hydrogen-bond donors (Lipinski definition) is 2. The highest BCUT2D eigenvalue weighted by atomic mass is 32.2. The van der Waals surface area contributed by atoms with Crippen molar-refractivity contribution in [3.8, 4) is 5.75 Å². The minimum absolute atomic E-state index is 0.0335. The molecule has 0 radical (unpaired) electrons. The summed E-state index contributed by atoms with van der Waals surface area (Å²) >= 11 is 0. The summed E-state index contributed by atoms with van der Waals surface area (Å²) in [4.78, 5) is -0.171. The van der Waals surface area contributed by atoms with E-state index in [1.54, 1.807) is 0 Å². The predicted molar refractivity (Wildman–Crippen MR) is 74.5 cm³/mol. The third kappa shape index (κ3) is 3.04. The van der Waals surface area contributed by atoms with E-state index < -0.39 is 15.8 Å². The van der Waals surface area contributed by atoms with E-state index in [0.29, 0.717) is 5.92 Å². The normalized spacial score (nSPS) is 21.8. The molecule has 1 aromatic rings. The molecule has 1 aliphatic rings. The molecular weight excluding hydrogens is 283 g/mol. The van der Waals surface area contributed by atoms with Gasteiger partial charge in [0, 0.05) is 6.04 Å².